The minimum absolute atomic E-state index is 0.0348. The van der Waals surface area contributed by atoms with Gasteiger partial charge in [-0.2, -0.15) is 8.42 Å². The van der Waals surface area contributed by atoms with E-state index >= 15 is 0 Å². The summed E-state index contributed by atoms with van der Waals surface area (Å²) in [7, 11) is -5.13. The van der Waals surface area contributed by atoms with E-state index in [2.05, 4.69) is 0 Å². The molecule has 0 bridgehead atoms. The molecule has 0 saturated carbocycles. The van der Waals surface area contributed by atoms with Crippen LogP contribution in [0.15, 0.2) is 0 Å². The van der Waals surface area contributed by atoms with Crippen LogP contribution in [0.2, 0.25) is 0 Å². The summed E-state index contributed by atoms with van der Waals surface area (Å²) in [6.45, 7) is 3.46. The predicted octanol–water partition coefficient (Wildman–Crippen LogP) is 2.24. The number of hydrogen-bond acceptors (Lipinski definition) is 4. The van der Waals surface area contributed by atoms with Crippen molar-refractivity contribution in [3.05, 3.63) is 0 Å². The van der Waals surface area contributed by atoms with Gasteiger partial charge in [0.2, 0.25) is 0 Å². The average Bonchev–Trinajstić information content (AvgIpc) is 2.61. The molecule has 1 aliphatic rings. The lowest BCUT2D eigenvalue weighted by Crippen LogP contribution is -2.21. The number of rotatable bonds is 7. The maximum absolute atomic E-state index is 11.8. The predicted molar refractivity (Wildman–Crippen MR) is 71.9 cm³/mol. The Morgan fingerprint density at radius 1 is 1.29 bits per heavy atom. The van der Waals surface area contributed by atoms with Crippen LogP contribution in [0.25, 0.3) is 0 Å². The van der Waals surface area contributed by atoms with E-state index in [1.807, 2.05) is 6.92 Å². The second-order valence-electron chi connectivity index (χ2n) is 4.61. The van der Waals surface area contributed by atoms with Crippen molar-refractivity contribution in [3.8, 4) is 0 Å². The van der Waals surface area contributed by atoms with Crippen molar-refractivity contribution in [1.82, 2.24) is 0 Å². The van der Waals surface area contributed by atoms with Crippen LogP contribution in [0.3, 0.4) is 0 Å². The molecule has 0 amide bonds. The first kappa shape index (κ1) is 15.0. The highest BCUT2D eigenvalue weighted by Crippen LogP contribution is 2.56. The van der Waals surface area contributed by atoms with Crippen LogP contribution in [-0.4, -0.2) is 37.2 Å². The van der Waals surface area contributed by atoms with Gasteiger partial charge in [0.15, 0.2) is 0 Å². The van der Waals surface area contributed by atoms with Gasteiger partial charge in [-0.15, -0.1) is 10.3 Å². The molecule has 1 fully saturated rings. The quantitative estimate of drug-likeness (QED) is 0.718. The molecule has 4 nitrogen and oxygen atoms in total. The molecule has 0 aromatic rings. The molecular formula is C11H22O4S2. The highest BCUT2D eigenvalue weighted by molar-refractivity contribution is 8.33. The summed E-state index contributed by atoms with van der Waals surface area (Å²) >= 11 is 0. The van der Waals surface area contributed by atoms with Crippen LogP contribution < -0.4 is 0 Å². The number of carbonyl (C=O) groups excluding carboxylic acids is 1. The third-order valence-corrected chi connectivity index (χ3v) is 8.52. The Hall–Kier alpha value is -0.0700. The van der Waals surface area contributed by atoms with Gasteiger partial charge in [-0.05, 0) is 26.2 Å². The maximum Gasteiger partial charge on any atom is 0.276 e. The van der Waals surface area contributed by atoms with Crippen molar-refractivity contribution >= 4 is 26.2 Å². The minimum Gasteiger partial charge on any atom is -0.299 e. The molecule has 0 aromatic heterocycles. The van der Waals surface area contributed by atoms with Gasteiger partial charge in [0, 0.05) is 11.5 Å². The van der Waals surface area contributed by atoms with Crippen molar-refractivity contribution in [2.24, 2.45) is 0 Å². The summed E-state index contributed by atoms with van der Waals surface area (Å²) < 4.78 is 29.1. The molecule has 1 aliphatic heterocycles. The van der Waals surface area contributed by atoms with Crippen LogP contribution >= 0.6 is 10.3 Å². The lowest BCUT2D eigenvalue weighted by molar-refractivity contribution is -0.114. The summed E-state index contributed by atoms with van der Waals surface area (Å²) in [5.74, 6) is 1.94. The Balaban J connectivity index is 2.69. The van der Waals surface area contributed by atoms with Gasteiger partial charge in [-0.3, -0.25) is 4.79 Å². The average molecular weight is 282 g/mol. The molecule has 0 atom stereocenters. The van der Waals surface area contributed by atoms with Gasteiger partial charge in [0.25, 0.3) is 10.1 Å². The van der Waals surface area contributed by atoms with Crippen LogP contribution in [0, 0.1) is 0 Å². The number of unbranched alkanes of at least 4 members (excludes halogenated alkanes) is 1. The van der Waals surface area contributed by atoms with Crippen LogP contribution in [0.5, 0.6) is 0 Å². The van der Waals surface area contributed by atoms with Crippen molar-refractivity contribution in [2.75, 3.05) is 23.0 Å². The molecule has 0 spiro atoms. The molecule has 0 N–H and O–H groups in total. The Kier molecular flexibility index (Phi) is 5.47. The van der Waals surface area contributed by atoms with E-state index in [0.29, 0.717) is 12.2 Å². The van der Waals surface area contributed by atoms with Crippen molar-refractivity contribution in [2.45, 2.75) is 39.5 Å². The fourth-order valence-corrected chi connectivity index (χ4v) is 8.12. The highest BCUT2D eigenvalue weighted by atomic mass is 32.3. The SMILES string of the molecule is CCCCS(=O)(=O)OS1(CC(C)=O)CCCC1. The molecule has 1 saturated heterocycles. The van der Waals surface area contributed by atoms with E-state index < -0.39 is 20.4 Å². The van der Waals surface area contributed by atoms with Crippen molar-refractivity contribution in [1.29, 1.82) is 0 Å². The largest absolute Gasteiger partial charge is 0.299 e. The number of hydrogen-bond donors (Lipinski definition) is 0. The highest BCUT2D eigenvalue weighted by Gasteiger charge is 2.35. The normalized spacial score (nSPS) is 21.3. The molecule has 0 radical (unpaired) electrons. The number of ketones is 1. The van der Waals surface area contributed by atoms with Gasteiger partial charge in [0.1, 0.15) is 5.78 Å². The van der Waals surface area contributed by atoms with Gasteiger partial charge in [-0.25, -0.2) is 3.63 Å². The van der Waals surface area contributed by atoms with Gasteiger partial charge >= 0.3 is 0 Å². The molecule has 17 heavy (non-hydrogen) atoms. The number of Topliss-reactive ketones (excluding diaryl/α,β-unsaturated/α-hetero) is 1. The molecule has 102 valence electrons. The number of carbonyl (C=O) groups is 1. The monoisotopic (exact) mass is 282 g/mol. The summed E-state index contributed by atoms with van der Waals surface area (Å²) in [6.07, 6.45) is 3.41. The molecular weight excluding hydrogens is 260 g/mol. The standard InChI is InChI=1S/C11H22O4S2/c1-3-4-9-17(13,14)15-16(10-11(2)12)7-5-6-8-16/h3-10H2,1-2H3. The molecule has 0 aromatic carbocycles. The Bertz CT molecular complexity index is 356. The van der Waals surface area contributed by atoms with E-state index in [9.17, 15) is 13.2 Å². The van der Waals surface area contributed by atoms with E-state index in [1.165, 1.54) is 6.92 Å². The topological polar surface area (TPSA) is 60.4 Å². The second kappa shape index (κ2) is 6.20. The summed E-state index contributed by atoms with van der Waals surface area (Å²) in [6, 6.07) is 0. The van der Waals surface area contributed by atoms with Crippen LogP contribution in [-0.2, 0) is 18.5 Å². The second-order valence-corrected chi connectivity index (χ2v) is 9.72. The fraction of sp³-hybridized carbons (Fsp3) is 0.909. The Morgan fingerprint density at radius 2 is 1.88 bits per heavy atom. The van der Waals surface area contributed by atoms with Gasteiger partial charge in [0.05, 0.1) is 11.5 Å². The lowest BCUT2D eigenvalue weighted by atomic mass is 10.4. The van der Waals surface area contributed by atoms with Crippen LogP contribution in [0.1, 0.15) is 39.5 Å². The Morgan fingerprint density at radius 3 is 2.35 bits per heavy atom. The zero-order valence-electron chi connectivity index (χ0n) is 10.6. The van der Waals surface area contributed by atoms with Gasteiger partial charge < -0.3 is 0 Å². The van der Waals surface area contributed by atoms with E-state index in [4.69, 9.17) is 3.63 Å². The summed E-state index contributed by atoms with van der Waals surface area (Å²) in [5, 5.41) is 0. The minimum atomic E-state index is -3.45. The molecule has 6 heteroatoms. The Labute approximate surface area is 106 Å². The molecule has 1 rings (SSSR count). The first-order valence-corrected chi connectivity index (χ1v) is 9.73. The maximum atomic E-state index is 11.8. The smallest absolute Gasteiger partial charge is 0.276 e. The van der Waals surface area contributed by atoms with Crippen molar-refractivity contribution < 1.29 is 16.8 Å². The molecule has 0 aliphatic carbocycles. The lowest BCUT2D eigenvalue weighted by Gasteiger charge is -2.32. The van der Waals surface area contributed by atoms with Gasteiger partial charge in [-0.1, -0.05) is 13.3 Å². The zero-order valence-corrected chi connectivity index (χ0v) is 12.2. The first-order chi connectivity index (χ1) is 7.89. The molecule has 1 heterocycles. The van der Waals surface area contributed by atoms with E-state index in [-0.39, 0.29) is 11.5 Å². The molecule has 0 unspecified atom stereocenters. The zero-order chi connectivity index (χ0) is 12.9. The van der Waals surface area contributed by atoms with Crippen molar-refractivity contribution in [3.63, 3.8) is 0 Å². The van der Waals surface area contributed by atoms with E-state index in [1.54, 1.807) is 0 Å². The van der Waals surface area contributed by atoms with Crippen LogP contribution in [0.4, 0.5) is 0 Å². The summed E-state index contributed by atoms with van der Waals surface area (Å²) in [4.78, 5) is 11.3. The fourth-order valence-electron chi connectivity index (χ4n) is 2.01. The summed E-state index contributed by atoms with van der Waals surface area (Å²) in [5.41, 5.74) is 0. The van der Waals surface area contributed by atoms with E-state index in [0.717, 1.165) is 30.8 Å². The first-order valence-electron chi connectivity index (χ1n) is 6.09. The third-order valence-electron chi connectivity index (χ3n) is 2.74. The third kappa shape index (κ3) is 4.97.